The zero-order valence-corrected chi connectivity index (χ0v) is 11.7. The van der Waals surface area contributed by atoms with Crippen molar-refractivity contribution in [1.29, 1.82) is 0 Å². The van der Waals surface area contributed by atoms with Crippen molar-refractivity contribution in [2.45, 2.75) is 13.3 Å². The number of ketones is 2. The lowest BCUT2D eigenvalue weighted by Crippen LogP contribution is -2.04. The molecule has 0 N–H and O–H groups in total. The van der Waals surface area contributed by atoms with Gasteiger partial charge >= 0.3 is 0 Å². The Labute approximate surface area is 122 Å². The summed E-state index contributed by atoms with van der Waals surface area (Å²) in [6.07, 6.45) is 2.24. The van der Waals surface area contributed by atoms with Gasteiger partial charge in [0.2, 0.25) is 5.78 Å². The van der Waals surface area contributed by atoms with Gasteiger partial charge in [-0.15, -0.1) is 0 Å². The van der Waals surface area contributed by atoms with Gasteiger partial charge < -0.3 is 4.40 Å². The molecule has 0 atom stereocenters. The number of pyridine rings is 1. The number of carbonyl (C=O) groups is 2. The second-order valence-electron chi connectivity index (χ2n) is 4.87. The predicted octanol–water partition coefficient (Wildman–Crippen LogP) is 3.76. The van der Waals surface area contributed by atoms with E-state index in [-0.39, 0.29) is 11.6 Å². The molecule has 0 fully saturated rings. The van der Waals surface area contributed by atoms with Crippen LogP contribution in [-0.2, 0) is 0 Å². The van der Waals surface area contributed by atoms with Crippen molar-refractivity contribution >= 4 is 17.1 Å². The fraction of sp³-hybridized carbons (Fsp3) is 0.111. The minimum absolute atomic E-state index is 0.0470. The predicted molar refractivity (Wildman–Crippen MR) is 81.9 cm³/mol. The summed E-state index contributed by atoms with van der Waals surface area (Å²) in [5.74, 6) is -0.0298. The molecule has 0 bridgehead atoms. The molecule has 0 radical (unpaired) electrons. The van der Waals surface area contributed by atoms with E-state index in [0.29, 0.717) is 23.2 Å². The first kappa shape index (κ1) is 13.3. The molecule has 0 saturated heterocycles. The minimum atomic E-state index is -0.0769. The van der Waals surface area contributed by atoms with Crippen molar-refractivity contribution in [2.75, 3.05) is 0 Å². The number of benzene rings is 1. The molecule has 0 spiro atoms. The van der Waals surface area contributed by atoms with Crippen molar-refractivity contribution in [3.63, 3.8) is 0 Å². The van der Waals surface area contributed by atoms with E-state index >= 15 is 0 Å². The van der Waals surface area contributed by atoms with Gasteiger partial charge in [0, 0.05) is 23.7 Å². The lowest BCUT2D eigenvalue weighted by atomic mass is 10.1. The van der Waals surface area contributed by atoms with E-state index in [1.165, 1.54) is 0 Å². The van der Waals surface area contributed by atoms with Crippen LogP contribution in [-0.4, -0.2) is 16.0 Å². The first-order valence-corrected chi connectivity index (χ1v) is 6.95. The zero-order valence-electron chi connectivity index (χ0n) is 11.7. The molecular formula is C18H15NO2. The van der Waals surface area contributed by atoms with Crippen molar-refractivity contribution in [3.05, 3.63) is 77.6 Å². The summed E-state index contributed by atoms with van der Waals surface area (Å²) in [5, 5.41) is 0. The van der Waals surface area contributed by atoms with Crippen LogP contribution in [0.2, 0.25) is 0 Å². The Morgan fingerprint density at radius 3 is 2.43 bits per heavy atom. The highest BCUT2D eigenvalue weighted by molar-refractivity contribution is 6.12. The molecule has 3 aromatic rings. The summed E-state index contributed by atoms with van der Waals surface area (Å²) in [7, 11) is 0. The third-order valence-electron chi connectivity index (χ3n) is 3.57. The number of hydrogen-bond donors (Lipinski definition) is 0. The Kier molecular flexibility index (Phi) is 3.40. The molecule has 0 aliphatic heterocycles. The third-order valence-corrected chi connectivity index (χ3v) is 3.57. The SMILES string of the molecule is CCC(=O)c1cc(C(=O)c2ccccc2)n2ccccc12. The number of rotatable bonds is 4. The maximum absolute atomic E-state index is 12.7. The van der Waals surface area contributed by atoms with Gasteiger partial charge in [-0.2, -0.15) is 0 Å². The summed E-state index contributed by atoms with van der Waals surface area (Å²) in [6.45, 7) is 1.83. The molecule has 2 aromatic heterocycles. The molecule has 0 aliphatic rings. The van der Waals surface area contributed by atoms with Crippen molar-refractivity contribution < 1.29 is 9.59 Å². The molecule has 21 heavy (non-hydrogen) atoms. The maximum Gasteiger partial charge on any atom is 0.209 e. The van der Waals surface area contributed by atoms with Crippen LogP contribution in [0.4, 0.5) is 0 Å². The molecule has 0 aliphatic carbocycles. The van der Waals surface area contributed by atoms with Crippen molar-refractivity contribution in [3.8, 4) is 0 Å². The number of carbonyl (C=O) groups excluding carboxylic acids is 2. The van der Waals surface area contributed by atoms with Gasteiger partial charge in [-0.1, -0.05) is 43.3 Å². The van der Waals surface area contributed by atoms with Crippen LogP contribution in [0.1, 0.15) is 39.8 Å². The van der Waals surface area contributed by atoms with Gasteiger partial charge in [-0.05, 0) is 18.2 Å². The van der Waals surface area contributed by atoms with Gasteiger partial charge in [0.15, 0.2) is 5.78 Å². The van der Waals surface area contributed by atoms with E-state index in [4.69, 9.17) is 0 Å². The number of Topliss-reactive ketones (excluding diaryl/α,β-unsaturated/α-hetero) is 1. The van der Waals surface area contributed by atoms with Gasteiger partial charge in [0.05, 0.1) is 11.2 Å². The highest BCUT2D eigenvalue weighted by Gasteiger charge is 2.19. The van der Waals surface area contributed by atoms with Crippen LogP contribution in [0.15, 0.2) is 60.8 Å². The van der Waals surface area contributed by atoms with E-state index in [1.54, 1.807) is 22.6 Å². The average molecular weight is 277 g/mol. The van der Waals surface area contributed by atoms with Crippen LogP contribution < -0.4 is 0 Å². The van der Waals surface area contributed by atoms with Gasteiger partial charge in [-0.3, -0.25) is 9.59 Å². The minimum Gasteiger partial charge on any atom is -0.313 e. The molecule has 1 aromatic carbocycles. The van der Waals surface area contributed by atoms with Crippen LogP contribution >= 0.6 is 0 Å². The van der Waals surface area contributed by atoms with E-state index in [2.05, 4.69) is 0 Å². The molecule has 2 heterocycles. The highest BCUT2D eigenvalue weighted by atomic mass is 16.1. The molecule has 104 valence electrons. The summed E-state index contributed by atoms with van der Waals surface area (Å²) in [4.78, 5) is 24.7. The summed E-state index contributed by atoms with van der Waals surface area (Å²) >= 11 is 0. The second kappa shape index (κ2) is 5.37. The van der Waals surface area contributed by atoms with Crippen molar-refractivity contribution in [2.24, 2.45) is 0 Å². The lowest BCUT2D eigenvalue weighted by molar-refractivity contribution is 0.0989. The van der Waals surface area contributed by atoms with Crippen LogP contribution in [0.5, 0.6) is 0 Å². The highest BCUT2D eigenvalue weighted by Crippen LogP contribution is 2.21. The summed E-state index contributed by atoms with van der Waals surface area (Å²) in [5.41, 5.74) is 2.53. The van der Waals surface area contributed by atoms with Gasteiger partial charge in [-0.25, -0.2) is 0 Å². The molecular weight excluding hydrogens is 262 g/mol. The first-order chi connectivity index (χ1) is 10.2. The Bertz CT molecular complexity index is 816. The number of nitrogens with zero attached hydrogens (tertiary/aromatic N) is 1. The standard InChI is InChI=1S/C18H15NO2/c1-2-17(20)14-12-16(19-11-7-6-10-15(14)19)18(21)13-8-4-3-5-9-13/h3-12H,2H2,1H3. The van der Waals surface area contributed by atoms with Crippen molar-refractivity contribution in [1.82, 2.24) is 4.40 Å². The number of hydrogen-bond acceptors (Lipinski definition) is 2. The fourth-order valence-corrected chi connectivity index (χ4v) is 2.48. The van der Waals surface area contributed by atoms with E-state index in [0.717, 1.165) is 5.52 Å². The van der Waals surface area contributed by atoms with Crippen LogP contribution in [0.3, 0.4) is 0 Å². The fourth-order valence-electron chi connectivity index (χ4n) is 2.48. The van der Waals surface area contributed by atoms with E-state index < -0.39 is 0 Å². The molecule has 0 amide bonds. The largest absolute Gasteiger partial charge is 0.313 e. The monoisotopic (exact) mass is 277 g/mol. The first-order valence-electron chi connectivity index (χ1n) is 6.95. The average Bonchev–Trinajstić information content (AvgIpc) is 2.94. The van der Waals surface area contributed by atoms with Gasteiger partial charge in [0.25, 0.3) is 0 Å². The topological polar surface area (TPSA) is 38.5 Å². The Balaban J connectivity index is 2.20. The molecule has 3 nitrogen and oxygen atoms in total. The molecule has 0 unspecified atom stereocenters. The molecule has 0 saturated carbocycles. The van der Waals surface area contributed by atoms with E-state index in [1.807, 2.05) is 49.5 Å². The second-order valence-corrected chi connectivity index (χ2v) is 4.87. The van der Waals surface area contributed by atoms with Gasteiger partial charge in [0.1, 0.15) is 0 Å². The number of fused-ring (bicyclic) bond motifs is 1. The molecule has 3 rings (SSSR count). The zero-order chi connectivity index (χ0) is 14.8. The lowest BCUT2D eigenvalue weighted by Gasteiger charge is -2.02. The number of aromatic nitrogens is 1. The normalized spacial score (nSPS) is 10.7. The smallest absolute Gasteiger partial charge is 0.209 e. The summed E-state index contributed by atoms with van der Waals surface area (Å²) in [6, 6.07) is 16.4. The van der Waals surface area contributed by atoms with Crippen LogP contribution in [0, 0.1) is 0 Å². The van der Waals surface area contributed by atoms with Crippen LogP contribution in [0.25, 0.3) is 5.52 Å². The quantitative estimate of drug-likeness (QED) is 0.681. The summed E-state index contributed by atoms with van der Waals surface area (Å²) < 4.78 is 1.79. The maximum atomic E-state index is 12.7. The molecule has 3 heteroatoms. The Morgan fingerprint density at radius 2 is 1.71 bits per heavy atom. The Morgan fingerprint density at radius 1 is 1.00 bits per heavy atom. The third kappa shape index (κ3) is 2.27. The van der Waals surface area contributed by atoms with E-state index in [9.17, 15) is 9.59 Å². The Hall–Kier alpha value is -2.68.